The number of halogens is 2. The first-order valence-electron chi connectivity index (χ1n) is 9.31. The maximum atomic E-state index is 14.7. The Kier molecular flexibility index (Phi) is 7.40. The molecule has 1 aromatic rings. The normalized spacial score (nSPS) is 20.1. The van der Waals surface area contributed by atoms with Crippen molar-refractivity contribution in [3.8, 4) is 0 Å². The summed E-state index contributed by atoms with van der Waals surface area (Å²) in [6.45, 7) is 3.77. The molecular weight excluding hydrogens is 405 g/mol. The molecule has 29 heavy (non-hydrogen) atoms. The molecule has 2 rings (SSSR count). The fraction of sp³-hybridized carbons (Fsp3) is 0.579. The molecule has 7 nitrogen and oxygen atoms in total. The van der Waals surface area contributed by atoms with E-state index in [1.165, 1.54) is 4.90 Å². The summed E-state index contributed by atoms with van der Waals surface area (Å²) < 4.78 is 39.9. The number of amides is 2. The fourth-order valence-corrected chi connectivity index (χ4v) is 6.17. The fourth-order valence-electron chi connectivity index (χ4n) is 2.95. The smallest absolute Gasteiger partial charge is 0.439 e. The second-order valence-corrected chi connectivity index (χ2v) is 11.5. The van der Waals surface area contributed by atoms with Gasteiger partial charge < -0.3 is 14.6 Å². The first kappa shape index (κ1) is 23.3. The quantitative estimate of drug-likeness (QED) is 0.685. The molecule has 0 aliphatic carbocycles. The number of hydrogen-bond acceptors (Lipinski definition) is 5. The van der Waals surface area contributed by atoms with Crippen LogP contribution in [0.4, 0.5) is 18.4 Å². The largest absolute Gasteiger partial charge is 0.444 e. The van der Waals surface area contributed by atoms with E-state index < -0.39 is 43.8 Å². The van der Waals surface area contributed by atoms with Gasteiger partial charge in [-0.05, 0) is 26.3 Å². The van der Waals surface area contributed by atoms with E-state index in [0.29, 0.717) is 5.56 Å². The predicted octanol–water partition coefficient (Wildman–Crippen LogP) is 4.03. The number of aliphatic hydroxyl groups excluding tert-OH is 1. The highest BCUT2D eigenvalue weighted by molar-refractivity contribution is 7.75. The molecule has 1 heterocycles. The van der Waals surface area contributed by atoms with Crippen LogP contribution in [0.5, 0.6) is 0 Å². The highest BCUT2D eigenvalue weighted by atomic mass is 31.2. The Morgan fingerprint density at radius 3 is 2.48 bits per heavy atom. The van der Waals surface area contributed by atoms with E-state index in [1.54, 1.807) is 51.1 Å². The van der Waals surface area contributed by atoms with Crippen LogP contribution in [0.3, 0.4) is 0 Å². The molecule has 0 spiro atoms. The molecule has 1 unspecified atom stereocenters. The molecular formula is C19H28F2N2O5P+. The lowest BCUT2D eigenvalue weighted by molar-refractivity contribution is 0.0158. The molecule has 1 saturated heterocycles. The molecule has 0 saturated carbocycles. The first-order valence-corrected chi connectivity index (χ1v) is 11.5. The van der Waals surface area contributed by atoms with Crippen LogP contribution in [-0.4, -0.2) is 59.1 Å². The van der Waals surface area contributed by atoms with Crippen LogP contribution in [0.15, 0.2) is 30.3 Å². The van der Waals surface area contributed by atoms with Gasteiger partial charge in [-0.1, -0.05) is 30.3 Å². The average molecular weight is 433 g/mol. The molecule has 1 aromatic carbocycles. The van der Waals surface area contributed by atoms with Gasteiger partial charge in [-0.15, -0.1) is 0 Å². The number of benzene rings is 1. The number of carbonyl (C=O) groups is 2. The van der Waals surface area contributed by atoms with Crippen LogP contribution in [0.1, 0.15) is 32.8 Å². The van der Waals surface area contributed by atoms with Crippen LogP contribution in [0.25, 0.3) is 0 Å². The van der Waals surface area contributed by atoms with Crippen molar-refractivity contribution in [3.05, 3.63) is 35.9 Å². The van der Waals surface area contributed by atoms with Crippen molar-refractivity contribution in [1.82, 2.24) is 9.99 Å². The van der Waals surface area contributed by atoms with Gasteiger partial charge >= 0.3 is 17.9 Å². The molecule has 162 valence electrons. The Balaban J connectivity index is 2.13. The number of nitrogens with zero attached hydrogens (tertiary/aromatic N) is 1. The van der Waals surface area contributed by atoms with Gasteiger partial charge in [0.25, 0.3) is 0 Å². The Morgan fingerprint density at radius 2 is 1.90 bits per heavy atom. The summed E-state index contributed by atoms with van der Waals surface area (Å²) in [6, 6.07) is 8.83. The van der Waals surface area contributed by atoms with E-state index in [4.69, 9.17) is 9.47 Å². The minimum Gasteiger partial charge on any atom is -0.444 e. The third-order valence-electron chi connectivity index (χ3n) is 4.37. The third kappa shape index (κ3) is 6.24. The van der Waals surface area contributed by atoms with Crippen LogP contribution >= 0.6 is 7.41 Å². The van der Waals surface area contributed by atoms with Crippen molar-refractivity contribution in [2.45, 2.75) is 45.1 Å². The Morgan fingerprint density at radius 1 is 1.24 bits per heavy atom. The van der Waals surface area contributed by atoms with Crippen molar-refractivity contribution in [2.75, 3.05) is 25.6 Å². The number of hydrogen-bond donors (Lipinski definition) is 2. The maximum Gasteiger partial charge on any atom is 0.439 e. The molecule has 1 fully saturated rings. The number of alkyl halides is 2. The van der Waals surface area contributed by atoms with E-state index in [-0.39, 0.29) is 25.7 Å². The van der Waals surface area contributed by atoms with Gasteiger partial charge in [-0.3, -0.25) is 4.90 Å². The number of rotatable bonds is 5. The van der Waals surface area contributed by atoms with Gasteiger partial charge in [0.1, 0.15) is 18.8 Å². The zero-order valence-corrected chi connectivity index (χ0v) is 17.8. The lowest BCUT2D eigenvalue weighted by Crippen LogP contribution is -2.50. The summed E-state index contributed by atoms with van der Waals surface area (Å²) in [4.78, 5) is 25.9. The summed E-state index contributed by atoms with van der Waals surface area (Å²) in [5.74, 6) is 0. The molecule has 1 aliphatic rings. The summed E-state index contributed by atoms with van der Waals surface area (Å²) in [6.07, 6.45) is -1.88. The first-order chi connectivity index (χ1) is 13.5. The van der Waals surface area contributed by atoms with E-state index in [1.807, 2.05) is 0 Å². The van der Waals surface area contributed by atoms with Gasteiger partial charge in [0.2, 0.25) is 7.41 Å². The molecule has 0 bridgehead atoms. The van der Waals surface area contributed by atoms with Crippen molar-refractivity contribution < 1.29 is 33.0 Å². The van der Waals surface area contributed by atoms with Gasteiger partial charge in [0.05, 0.1) is 6.16 Å². The van der Waals surface area contributed by atoms with Crippen molar-refractivity contribution in [2.24, 2.45) is 0 Å². The number of ether oxygens (including phenoxy) is 2. The average Bonchev–Trinajstić information content (AvgIpc) is 2.66. The summed E-state index contributed by atoms with van der Waals surface area (Å²) in [5.41, 5.74) is -3.63. The zero-order chi connectivity index (χ0) is 21.7. The van der Waals surface area contributed by atoms with Gasteiger partial charge in [-0.25, -0.2) is 9.59 Å². The van der Waals surface area contributed by atoms with Gasteiger partial charge in [0.15, 0.2) is 6.29 Å². The minimum absolute atomic E-state index is 0.0136. The number of aliphatic hydroxyl groups is 1. The van der Waals surface area contributed by atoms with Crippen molar-refractivity contribution >= 4 is 19.6 Å². The summed E-state index contributed by atoms with van der Waals surface area (Å²) >= 11 is 0. The number of carbonyl (C=O) groups excluding carboxylic acids is 2. The SMILES string of the molecule is CC(C)(C)OC(=O)N1CCC[P+](NC(=O)OCc2ccccc2)(C(F)(F)CO)C1. The highest BCUT2D eigenvalue weighted by Gasteiger charge is 2.65. The maximum absolute atomic E-state index is 14.7. The summed E-state index contributed by atoms with van der Waals surface area (Å²) in [5, 5.41) is 11.6. The lowest BCUT2D eigenvalue weighted by Gasteiger charge is -2.39. The van der Waals surface area contributed by atoms with Crippen LogP contribution < -0.4 is 5.09 Å². The van der Waals surface area contributed by atoms with E-state index in [2.05, 4.69) is 5.09 Å². The topological polar surface area (TPSA) is 88.1 Å². The molecule has 2 N–H and O–H groups in total. The minimum atomic E-state index is -3.63. The van der Waals surface area contributed by atoms with E-state index >= 15 is 0 Å². The van der Waals surface area contributed by atoms with Gasteiger partial charge in [-0.2, -0.15) is 13.9 Å². The van der Waals surface area contributed by atoms with Crippen LogP contribution in [0.2, 0.25) is 0 Å². The van der Waals surface area contributed by atoms with E-state index in [0.717, 1.165) is 0 Å². The van der Waals surface area contributed by atoms with Gasteiger partial charge in [0, 0.05) is 13.0 Å². The Hall–Kier alpha value is -1.99. The lowest BCUT2D eigenvalue weighted by atomic mass is 10.2. The molecule has 0 radical (unpaired) electrons. The third-order valence-corrected chi connectivity index (χ3v) is 8.27. The Labute approximate surface area is 169 Å². The summed E-state index contributed by atoms with van der Waals surface area (Å²) in [7, 11) is -3.63. The zero-order valence-electron chi connectivity index (χ0n) is 16.9. The van der Waals surface area contributed by atoms with Crippen molar-refractivity contribution in [1.29, 1.82) is 0 Å². The molecule has 0 aromatic heterocycles. The van der Waals surface area contributed by atoms with Crippen LogP contribution in [-0.2, 0) is 16.1 Å². The second kappa shape index (κ2) is 9.22. The molecule has 2 amide bonds. The van der Waals surface area contributed by atoms with E-state index in [9.17, 15) is 23.5 Å². The molecule has 10 heteroatoms. The molecule has 1 aliphatic heterocycles. The molecule has 1 atom stereocenters. The highest BCUT2D eigenvalue weighted by Crippen LogP contribution is 2.69. The van der Waals surface area contributed by atoms with Crippen LogP contribution in [0, 0.1) is 0 Å². The Bertz CT molecular complexity index is 714. The second-order valence-electron chi connectivity index (χ2n) is 7.93. The standard InChI is InChI=1S/C19H27F2N2O5P/c1-18(2,3)28-17(26)23-10-7-11-29(14-23,19(20,21)13-24)22-16(25)27-12-15-8-5-4-6-9-15/h4-6,8-9,24H,7,10-14H2,1-3H3/p+1. The predicted molar refractivity (Wildman–Crippen MR) is 106 cm³/mol. The monoisotopic (exact) mass is 433 g/mol. The van der Waals surface area contributed by atoms with Crippen molar-refractivity contribution in [3.63, 3.8) is 0 Å². The number of nitrogens with one attached hydrogen (secondary N) is 1.